The van der Waals surface area contributed by atoms with Crippen LogP contribution in [0.5, 0.6) is 11.5 Å². The first-order valence-electron chi connectivity index (χ1n) is 5.60. The largest absolute Gasteiger partial charge is 0.823 e. The quantitative estimate of drug-likeness (QED) is 0.756. The van der Waals surface area contributed by atoms with Crippen LogP contribution in [0, 0.1) is 0 Å². The minimum absolute atomic E-state index is 0.0497. The molecule has 1 aromatic rings. The van der Waals surface area contributed by atoms with Gasteiger partial charge >= 0.3 is 0 Å². The third kappa shape index (κ3) is 3.45. The Bertz CT molecular complexity index is 379. The maximum Gasteiger partial charge on any atom is 0.129 e. The molecule has 4 heteroatoms. The Hall–Kier alpha value is -1.05. The number of hydrogen-bond donors (Lipinski definition) is 0. The second-order valence-electron chi connectivity index (χ2n) is 3.73. The maximum absolute atomic E-state index is 12.2. The van der Waals surface area contributed by atoms with Crippen molar-refractivity contribution in [3.8, 4) is 11.5 Å². The van der Waals surface area contributed by atoms with Gasteiger partial charge in [-0.2, -0.15) is 0 Å². The van der Waals surface area contributed by atoms with E-state index in [4.69, 9.17) is 9.47 Å². The molecule has 0 fully saturated rings. The van der Waals surface area contributed by atoms with Gasteiger partial charge in [-0.25, -0.2) is 0 Å². The highest BCUT2D eigenvalue weighted by molar-refractivity contribution is 7.41. The maximum atomic E-state index is 12.2. The minimum atomic E-state index is 0.0497. The molecule has 1 rings (SSSR count). The normalized spacial score (nSPS) is 13.4. The van der Waals surface area contributed by atoms with E-state index in [1.807, 2.05) is 6.07 Å². The molecule has 0 bridgehead atoms. The van der Waals surface area contributed by atoms with Gasteiger partial charge in [0.05, 0.1) is 14.2 Å². The Balaban J connectivity index is 3.22. The van der Waals surface area contributed by atoms with Crippen LogP contribution in [0.1, 0.15) is 25.8 Å². The molecule has 0 aliphatic carbocycles. The van der Waals surface area contributed by atoms with E-state index in [1.54, 1.807) is 26.4 Å². The number of ether oxygens (including phenoxy) is 2. The molecule has 1 aromatic carbocycles. The van der Waals surface area contributed by atoms with Crippen LogP contribution in [0.15, 0.2) is 18.2 Å². The fourth-order valence-corrected chi connectivity index (χ4v) is 2.35. The molecule has 0 radical (unpaired) electrons. The molecular weight excluding hydrogens is 235 g/mol. The van der Waals surface area contributed by atoms with Crippen molar-refractivity contribution >= 4 is 13.7 Å². The average molecular weight is 253 g/mol. The van der Waals surface area contributed by atoms with Crippen LogP contribution in [0.25, 0.3) is 0 Å². The van der Waals surface area contributed by atoms with Gasteiger partial charge in [0, 0.05) is 5.56 Å². The first-order chi connectivity index (χ1) is 8.13. The van der Waals surface area contributed by atoms with E-state index in [2.05, 4.69) is 13.8 Å². The fourth-order valence-electron chi connectivity index (χ4n) is 1.42. The fraction of sp³-hybridized carbons (Fsp3) is 0.462. The van der Waals surface area contributed by atoms with Crippen molar-refractivity contribution in [1.82, 2.24) is 0 Å². The molecule has 0 saturated heterocycles. The van der Waals surface area contributed by atoms with Crippen LogP contribution in [0.2, 0.25) is 0 Å². The van der Waals surface area contributed by atoms with Gasteiger partial charge in [0.15, 0.2) is 0 Å². The van der Waals surface area contributed by atoms with Crippen LogP contribution >= 0.6 is 8.20 Å². The molecule has 1 unspecified atom stereocenters. The molecule has 0 N–H and O–H groups in total. The lowest BCUT2D eigenvalue weighted by molar-refractivity contribution is -0.207. The van der Waals surface area contributed by atoms with Gasteiger partial charge in [0.2, 0.25) is 0 Å². The van der Waals surface area contributed by atoms with Gasteiger partial charge in [-0.1, -0.05) is 19.9 Å². The third-order valence-corrected chi connectivity index (χ3v) is 3.83. The van der Waals surface area contributed by atoms with Crippen molar-refractivity contribution in [2.75, 3.05) is 14.2 Å². The predicted molar refractivity (Wildman–Crippen MR) is 70.3 cm³/mol. The molecule has 94 valence electrons. The molecule has 0 spiro atoms. The third-order valence-electron chi connectivity index (χ3n) is 2.57. The number of hydrogen-bond acceptors (Lipinski definition) is 3. The van der Waals surface area contributed by atoms with Crippen molar-refractivity contribution in [3.63, 3.8) is 0 Å². The van der Waals surface area contributed by atoms with Crippen LogP contribution in [0.3, 0.4) is 0 Å². The summed E-state index contributed by atoms with van der Waals surface area (Å²) in [5, 5.41) is 12.2. The zero-order chi connectivity index (χ0) is 12.8. The first-order valence-corrected chi connectivity index (χ1v) is 6.56. The SMILES string of the molecule is CCC(C)P=C([O-])c1c(OC)cccc1OC. The van der Waals surface area contributed by atoms with Crippen molar-refractivity contribution in [2.24, 2.45) is 0 Å². The lowest BCUT2D eigenvalue weighted by atomic mass is 10.2. The van der Waals surface area contributed by atoms with Gasteiger partial charge in [0.1, 0.15) is 11.5 Å². The molecular formula is C13H18O3P-. The molecule has 0 aliphatic rings. The van der Waals surface area contributed by atoms with Gasteiger partial charge in [-0.05, 0) is 24.2 Å². The predicted octanol–water partition coefficient (Wildman–Crippen LogP) is 2.29. The summed E-state index contributed by atoms with van der Waals surface area (Å²) in [6.45, 7) is 4.13. The van der Waals surface area contributed by atoms with E-state index in [-0.39, 0.29) is 5.48 Å². The zero-order valence-corrected chi connectivity index (χ0v) is 11.6. The Morgan fingerprint density at radius 3 is 2.24 bits per heavy atom. The summed E-state index contributed by atoms with van der Waals surface area (Å²) in [6, 6.07) is 5.37. The summed E-state index contributed by atoms with van der Waals surface area (Å²) >= 11 is 0. The van der Waals surface area contributed by atoms with Gasteiger partial charge in [-0.3, -0.25) is 0 Å². The Morgan fingerprint density at radius 1 is 1.29 bits per heavy atom. The topological polar surface area (TPSA) is 41.5 Å². The summed E-state index contributed by atoms with van der Waals surface area (Å²) in [5.74, 6) is 1.15. The first kappa shape index (κ1) is 14.0. The zero-order valence-electron chi connectivity index (χ0n) is 10.7. The average Bonchev–Trinajstić information content (AvgIpc) is 2.37. The molecule has 0 heterocycles. The van der Waals surface area contributed by atoms with Gasteiger partial charge < -0.3 is 14.6 Å². The van der Waals surface area contributed by atoms with E-state index < -0.39 is 0 Å². The van der Waals surface area contributed by atoms with Gasteiger partial charge in [0.25, 0.3) is 0 Å². The second kappa shape index (κ2) is 6.63. The van der Waals surface area contributed by atoms with Crippen molar-refractivity contribution in [2.45, 2.75) is 25.9 Å². The van der Waals surface area contributed by atoms with Crippen molar-refractivity contribution in [3.05, 3.63) is 23.8 Å². The Morgan fingerprint density at radius 2 is 1.82 bits per heavy atom. The molecule has 0 aliphatic heterocycles. The molecule has 0 saturated carbocycles. The molecule has 3 nitrogen and oxygen atoms in total. The number of methoxy groups -OCH3 is 2. The van der Waals surface area contributed by atoms with E-state index in [9.17, 15) is 5.11 Å². The van der Waals surface area contributed by atoms with Crippen molar-refractivity contribution < 1.29 is 14.6 Å². The summed E-state index contributed by atoms with van der Waals surface area (Å²) in [7, 11) is 3.91. The van der Waals surface area contributed by atoms with Crippen LogP contribution in [0.4, 0.5) is 0 Å². The van der Waals surface area contributed by atoms with E-state index in [0.717, 1.165) is 14.6 Å². The molecule has 17 heavy (non-hydrogen) atoms. The second-order valence-corrected chi connectivity index (χ2v) is 5.27. The van der Waals surface area contributed by atoms with Crippen LogP contribution < -0.4 is 14.6 Å². The summed E-state index contributed by atoms with van der Waals surface area (Å²) in [6.07, 6.45) is 0.977. The van der Waals surface area contributed by atoms with E-state index >= 15 is 0 Å². The highest BCUT2D eigenvalue weighted by Crippen LogP contribution is 2.30. The lowest BCUT2D eigenvalue weighted by Crippen LogP contribution is -2.19. The Labute approximate surface area is 104 Å². The monoisotopic (exact) mass is 253 g/mol. The number of rotatable bonds is 5. The highest BCUT2D eigenvalue weighted by Gasteiger charge is 2.09. The Kier molecular flexibility index (Phi) is 5.46. The minimum Gasteiger partial charge on any atom is -0.823 e. The van der Waals surface area contributed by atoms with Crippen LogP contribution in [-0.2, 0) is 0 Å². The molecule has 0 amide bonds. The molecule has 0 aromatic heterocycles. The number of benzene rings is 1. The van der Waals surface area contributed by atoms with E-state index in [1.165, 1.54) is 0 Å². The summed E-state index contributed by atoms with van der Waals surface area (Å²) in [5.41, 5.74) is 0.935. The van der Waals surface area contributed by atoms with Crippen molar-refractivity contribution in [1.29, 1.82) is 0 Å². The van der Waals surface area contributed by atoms with Crippen LogP contribution in [-0.4, -0.2) is 25.4 Å². The van der Waals surface area contributed by atoms with E-state index in [0.29, 0.717) is 22.7 Å². The summed E-state index contributed by atoms with van der Waals surface area (Å²) < 4.78 is 10.4. The van der Waals surface area contributed by atoms with Gasteiger partial charge in [-0.15, -0.1) is 13.7 Å². The standard InChI is InChI=1S/C13H19O3P/c1-5-9(2)17-13(14)12-10(15-3)7-6-8-11(12)16-4/h6-9,14H,5H2,1-4H3/p-1. The lowest BCUT2D eigenvalue weighted by Gasteiger charge is -2.20. The molecule has 1 atom stereocenters. The smallest absolute Gasteiger partial charge is 0.129 e. The highest BCUT2D eigenvalue weighted by atomic mass is 31.1. The summed E-state index contributed by atoms with van der Waals surface area (Å²) in [4.78, 5) is 0.